The summed E-state index contributed by atoms with van der Waals surface area (Å²) in [6, 6.07) is 12.1. The van der Waals surface area contributed by atoms with E-state index in [4.69, 9.17) is 23.2 Å². The van der Waals surface area contributed by atoms with Gasteiger partial charge in [0.15, 0.2) is 5.16 Å². The lowest BCUT2D eigenvalue weighted by Crippen LogP contribution is -2.25. The highest BCUT2D eigenvalue weighted by Gasteiger charge is 2.13. The molecule has 0 radical (unpaired) electrons. The van der Waals surface area contributed by atoms with Gasteiger partial charge < -0.3 is 0 Å². The molecular weight excluding hydrogens is 443 g/mol. The number of amides is 1. The minimum atomic E-state index is -0.342. The van der Waals surface area contributed by atoms with Crippen molar-refractivity contribution in [3.05, 3.63) is 80.6 Å². The van der Waals surface area contributed by atoms with Crippen LogP contribution in [0.3, 0.4) is 0 Å². The van der Waals surface area contributed by atoms with Crippen molar-refractivity contribution in [3.63, 3.8) is 0 Å². The number of benzene rings is 2. The van der Waals surface area contributed by atoms with Gasteiger partial charge in [0.1, 0.15) is 0 Å². The summed E-state index contributed by atoms with van der Waals surface area (Å²) in [4.78, 5) is 29.6. The maximum Gasteiger partial charge on any atom is 0.262 e. The van der Waals surface area contributed by atoms with Gasteiger partial charge in [-0.3, -0.25) is 14.2 Å². The summed E-state index contributed by atoms with van der Waals surface area (Å²) in [5, 5.41) is 5.83. The van der Waals surface area contributed by atoms with Crippen LogP contribution in [-0.2, 0) is 11.3 Å². The summed E-state index contributed by atoms with van der Waals surface area (Å²) < 4.78 is 1.53. The molecule has 2 aromatic carbocycles. The van der Waals surface area contributed by atoms with Crippen LogP contribution in [0.15, 0.2) is 69.7 Å². The SMILES string of the molecule is C=C(C)Cn1c(SCC(=O)N/N=C/c2ccc(Cl)cc2Cl)nc2ccccc2c1=O. The second kappa shape index (κ2) is 9.93. The molecule has 0 atom stereocenters. The topological polar surface area (TPSA) is 76.3 Å². The number of carbonyl (C=O) groups is 1. The number of thioether (sulfide) groups is 1. The monoisotopic (exact) mass is 460 g/mol. The first-order chi connectivity index (χ1) is 14.3. The molecule has 3 rings (SSSR count). The Morgan fingerprint density at radius 3 is 2.80 bits per heavy atom. The molecule has 0 bridgehead atoms. The molecule has 9 heteroatoms. The van der Waals surface area contributed by atoms with Crippen LogP contribution in [0.4, 0.5) is 0 Å². The minimum Gasteiger partial charge on any atom is -0.283 e. The third-order valence-corrected chi connectivity index (χ3v) is 5.48. The van der Waals surface area contributed by atoms with Crippen molar-refractivity contribution in [1.29, 1.82) is 0 Å². The fraction of sp³-hybridized carbons (Fsp3) is 0.143. The van der Waals surface area contributed by atoms with Crippen LogP contribution in [0.1, 0.15) is 12.5 Å². The van der Waals surface area contributed by atoms with E-state index in [2.05, 4.69) is 22.1 Å². The zero-order valence-corrected chi connectivity index (χ0v) is 18.4. The molecular formula is C21H18Cl2N4O2S. The molecule has 1 N–H and O–H groups in total. The van der Waals surface area contributed by atoms with Gasteiger partial charge in [-0.15, -0.1) is 0 Å². The number of carbonyl (C=O) groups excluding carboxylic acids is 1. The third kappa shape index (κ3) is 5.50. The van der Waals surface area contributed by atoms with Crippen molar-refractivity contribution in [3.8, 4) is 0 Å². The first kappa shape index (κ1) is 22.1. The van der Waals surface area contributed by atoms with Crippen molar-refractivity contribution < 1.29 is 4.79 Å². The van der Waals surface area contributed by atoms with E-state index < -0.39 is 0 Å². The molecule has 0 saturated carbocycles. The fourth-order valence-electron chi connectivity index (χ4n) is 2.61. The number of allylic oxidation sites excluding steroid dienone is 1. The molecule has 1 aromatic heterocycles. The molecule has 0 fully saturated rings. The Morgan fingerprint density at radius 1 is 1.30 bits per heavy atom. The molecule has 0 spiro atoms. The number of hydrazone groups is 1. The van der Waals surface area contributed by atoms with Crippen LogP contribution < -0.4 is 11.0 Å². The highest BCUT2D eigenvalue weighted by atomic mass is 35.5. The highest BCUT2D eigenvalue weighted by molar-refractivity contribution is 7.99. The summed E-state index contributed by atoms with van der Waals surface area (Å²) in [5.74, 6) is -0.308. The molecule has 0 aliphatic rings. The second-order valence-electron chi connectivity index (χ2n) is 6.51. The van der Waals surface area contributed by atoms with Crippen molar-refractivity contribution in [2.75, 3.05) is 5.75 Å². The van der Waals surface area contributed by atoms with E-state index in [1.807, 2.05) is 13.0 Å². The number of hydrogen-bond acceptors (Lipinski definition) is 5. The predicted molar refractivity (Wildman–Crippen MR) is 124 cm³/mol. The van der Waals surface area contributed by atoms with Gasteiger partial charge in [-0.05, 0) is 31.2 Å². The van der Waals surface area contributed by atoms with Crippen LogP contribution in [0.2, 0.25) is 10.0 Å². The van der Waals surface area contributed by atoms with Crippen LogP contribution >= 0.6 is 35.0 Å². The molecule has 0 aliphatic carbocycles. The summed E-state index contributed by atoms with van der Waals surface area (Å²) in [6.07, 6.45) is 1.44. The molecule has 3 aromatic rings. The smallest absolute Gasteiger partial charge is 0.262 e. The van der Waals surface area contributed by atoms with Crippen molar-refractivity contribution in [1.82, 2.24) is 15.0 Å². The number of para-hydroxylation sites is 1. The average molecular weight is 461 g/mol. The van der Waals surface area contributed by atoms with Crippen LogP contribution in [0.25, 0.3) is 10.9 Å². The zero-order valence-electron chi connectivity index (χ0n) is 16.1. The molecule has 1 heterocycles. The normalized spacial score (nSPS) is 11.2. The second-order valence-corrected chi connectivity index (χ2v) is 8.29. The van der Waals surface area contributed by atoms with E-state index in [-0.39, 0.29) is 17.2 Å². The standard InChI is InChI=1S/C21H18Cl2N4O2S/c1-13(2)11-27-20(29)16-5-3-4-6-18(16)25-21(27)30-12-19(28)26-24-10-14-7-8-15(22)9-17(14)23/h3-10H,1,11-12H2,2H3,(H,26,28)/b24-10+. The number of nitrogens with zero attached hydrogens (tertiary/aromatic N) is 3. The predicted octanol–water partition coefficient (Wildman–Crippen LogP) is 4.52. The number of nitrogens with one attached hydrogen (secondary N) is 1. The highest BCUT2D eigenvalue weighted by Crippen LogP contribution is 2.20. The summed E-state index contributed by atoms with van der Waals surface area (Å²) in [6.45, 7) is 6.04. The van der Waals surface area contributed by atoms with Gasteiger partial charge in [0.05, 0.1) is 27.9 Å². The van der Waals surface area contributed by atoms with E-state index in [1.165, 1.54) is 10.8 Å². The summed E-state index contributed by atoms with van der Waals surface area (Å²) in [5.41, 5.74) is 4.29. The summed E-state index contributed by atoms with van der Waals surface area (Å²) >= 11 is 13.1. The molecule has 6 nitrogen and oxygen atoms in total. The number of aromatic nitrogens is 2. The molecule has 0 aliphatic heterocycles. The third-order valence-electron chi connectivity index (χ3n) is 3.94. The Balaban J connectivity index is 1.72. The van der Waals surface area contributed by atoms with Gasteiger partial charge in [0, 0.05) is 17.1 Å². The lowest BCUT2D eigenvalue weighted by molar-refractivity contribution is -0.118. The van der Waals surface area contributed by atoms with E-state index in [9.17, 15) is 9.59 Å². The molecule has 154 valence electrons. The molecule has 30 heavy (non-hydrogen) atoms. The number of fused-ring (bicyclic) bond motifs is 1. The van der Waals surface area contributed by atoms with Crippen LogP contribution in [0.5, 0.6) is 0 Å². The Morgan fingerprint density at radius 2 is 2.07 bits per heavy atom. The maximum absolute atomic E-state index is 12.8. The lowest BCUT2D eigenvalue weighted by Gasteiger charge is -2.12. The average Bonchev–Trinajstić information content (AvgIpc) is 2.70. The number of hydrogen-bond donors (Lipinski definition) is 1. The first-order valence-corrected chi connectivity index (χ1v) is 10.6. The van der Waals surface area contributed by atoms with Crippen molar-refractivity contribution in [2.24, 2.45) is 5.10 Å². The van der Waals surface area contributed by atoms with Gasteiger partial charge in [-0.1, -0.05) is 65.3 Å². The molecule has 0 unspecified atom stereocenters. The first-order valence-electron chi connectivity index (χ1n) is 8.89. The Labute approximate surface area is 187 Å². The van der Waals surface area contributed by atoms with Gasteiger partial charge in [0.25, 0.3) is 11.5 Å². The van der Waals surface area contributed by atoms with E-state index in [0.717, 1.165) is 17.3 Å². The van der Waals surface area contributed by atoms with Gasteiger partial charge >= 0.3 is 0 Å². The number of halogens is 2. The number of rotatable bonds is 7. The van der Waals surface area contributed by atoms with Crippen LogP contribution in [-0.4, -0.2) is 27.4 Å². The summed E-state index contributed by atoms with van der Waals surface area (Å²) in [7, 11) is 0. The zero-order chi connectivity index (χ0) is 21.7. The lowest BCUT2D eigenvalue weighted by atomic mass is 10.2. The van der Waals surface area contributed by atoms with E-state index in [1.54, 1.807) is 36.4 Å². The Hall–Kier alpha value is -2.61. The van der Waals surface area contributed by atoms with E-state index >= 15 is 0 Å². The van der Waals surface area contributed by atoms with Crippen molar-refractivity contribution in [2.45, 2.75) is 18.6 Å². The fourth-order valence-corrected chi connectivity index (χ4v) is 3.86. The Kier molecular flexibility index (Phi) is 7.31. The quantitative estimate of drug-likeness (QED) is 0.185. The largest absolute Gasteiger partial charge is 0.283 e. The minimum absolute atomic E-state index is 0.0344. The van der Waals surface area contributed by atoms with Crippen LogP contribution in [0, 0.1) is 0 Å². The Bertz CT molecular complexity index is 1210. The maximum atomic E-state index is 12.8. The van der Waals surface area contributed by atoms with E-state index in [0.29, 0.717) is 38.2 Å². The molecule has 1 amide bonds. The molecule has 0 saturated heterocycles. The van der Waals surface area contributed by atoms with Gasteiger partial charge in [0.2, 0.25) is 0 Å². The van der Waals surface area contributed by atoms with Gasteiger partial charge in [-0.2, -0.15) is 5.10 Å². The van der Waals surface area contributed by atoms with Gasteiger partial charge in [-0.25, -0.2) is 10.4 Å². The van der Waals surface area contributed by atoms with Crippen molar-refractivity contribution >= 4 is 58.0 Å².